The number of hydrogen-bond acceptors (Lipinski definition) is 5. The van der Waals surface area contributed by atoms with Crippen molar-refractivity contribution in [3.63, 3.8) is 0 Å². The summed E-state index contributed by atoms with van der Waals surface area (Å²) in [4.78, 5) is 24.1. The third-order valence-electron chi connectivity index (χ3n) is 10.1. The van der Waals surface area contributed by atoms with E-state index in [2.05, 4.69) is 26.3 Å². The second-order valence-corrected chi connectivity index (χ2v) is 11.6. The zero-order valence-corrected chi connectivity index (χ0v) is 19.8. The average Bonchev–Trinajstić information content (AvgIpc) is 2.97. The molecule has 5 rings (SSSR count). The maximum Gasteiger partial charge on any atom is 0.334 e. The number of aliphatic carboxylic acids is 1. The van der Waals surface area contributed by atoms with Crippen molar-refractivity contribution >= 4 is 11.9 Å². The van der Waals surface area contributed by atoms with Crippen molar-refractivity contribution in [1.82, 2.24) is 0 Å². The van der Waals surface area contributed by atoms with Gasteiger partial charge < -0.3 is 20.1 Å². The van der Waals surface area contributed by atoms with Crippen molar-refractivity contribution in [1.29, 1.82) is 0 Å². The fraction of sp³-hybridized carbons (Fsp3) is 0.643. The molecule has 0 amide bonds. The van der Waals surface area contributed by atoms with E-state index in [1.165, 1.54) is 0 Å². The van der Waals surface area contributed by atoms with Crippen molar-refractivity contribution in [3.8, 4) is 0 Å². The lowest BCUT2D eigenvalue weighted by molar-refractivity contribution is -0.181. The molecule has 3 N–H and O–H groups in total. The Bertz CT molecular complexity index is 995. The number of rotatable bonds is 2. The Morgan fingerprint density at radius 1 is 0.971 bits per heavy atom. The first-order valence-electron chi connectivity index (χ1n) is 12.6. The molecule has 5 aliphatic rings. The molecule has 0 spiro atoms. The molecule has 1 heterocycles. The van der Waals surface area contributed by atoms with Crippen molar-refractivity contribution in [3.05, 3.63) is 48.6 Å². The lowest BCUT2D eigenvalue weighted by Gasteiger charge is -2.43. The Morgan fingerprint density at radius 3 is 2.35 bits per heavy atom. The van der Waals surface area contributed by atoms with Crippen LogP contribution in [0.2, 0.25) is 0 Å². The normalized spacial score (nSPS) is 46.2. The summed E-state index contributed by atoms with van der Waals surface area (Å²) in [6.07, 6.45) is 4.75. The van der Waals surface area contributed by atoms with Gasteiger partial charge in [0.15, 0.2) is 0 Å². The number of allylic oxidation sites excluding steroid dienone is 2. The van der Waals surface area contributed by atoms with Gasteiger partial charge in [-0.05, 0) is 81.5 Å². The molecule has 0 aromatic heterocycles. The number of aliphatic hydroxyl groups is 2. The van der Waals surface area contributed by atoms with Crippen LogP contribution in [0.4, 0.5) is 0 Å². The molecule has 6 heteroatoms. The molecule has 34 heavy (non-hydrogen) atoms. The molecule has 0 aromatic rings. The molecule has 1 saturated heterocycles. The first kappa shape index (κ1) is 23.6. The largest absolute Gasteiger partial charge is 0.478 e. The fourth-order valence-electron chi connectivity index (χ4n) is 8.18. The predicted octanol–water partition coefficient (Wildman–Crippen LogP) is 3.95. The summed E-state index contributed by atoms with van der Waals surface area (Å²) in [6, 6.07) is 0. The van der Waals surface area contributed by atoms with Gasteiger partial charge in [-0.1, -0.05) is 37.5 Å². The van der Waals surface area contributed by atoms with E-state index in [1.807, 2.05) is 0 Å². The molecule has 4 saturated carbocycles. The molecule has 0 bridgehead atoms. The van der Waals surface area contributed by atoms with E-state index in [0.29, 0.717) is 50.5 Å². The number of fused-ring (bicyclic) bond motifs is 6. The molecule has 0 aromatic carbocycles. The van der Waals surface area contributed by atoms with Gasteiger partial charge in [0, 0.05) is 23.0 Å². The van der Waals surface area contributed by atoms with Crippen LogP contribution in [0.15, 0.2) is 48.6 Å². The Kier molecular flexibility index (Phi) is 5.49. The highest BCUT2D eigenvalue weighted by molar-refractivity contribution is 5.91. The summed E-state index contributed by atoms with van der Waals surface area (Å²) < 4.78 is 5.81. The molecule has 3 unspecified atom stereocenters. The number of esters is 1. The molecule has 6 nitrogen and oxygen atoms in total. The standard InChI is InChI=1S/C28H36O6/c1-14-5-7-18(16(3)25(29)30)11-19-12-27(32)13-22-15(2)6-8-21-17(4)26(31)34-24(21)23(22)28(27,33)10-9-20(14)19/h18-24,32-33H,1-13H2,(H,29,30)/t18-,19?,20?,21?,22+,23+,24+,27-,28+/m1/s1. The van der Waals surface area contributed by atoms with Crippen molar-refractivity contribution in [2.24, 2.45) is 35.5 Å². The van der Waals surface area contributed by atoms with E-state index in [0.717, 1.165) is 24.0 Å². The van der Waals surface area contributed by atoms with Crippen molar-refractivity contribution < 1.29 is 29.6 Å². The van der Waals surface area contributed by atoms with Crippen LogP contribution < -0.4 is 0 Å². The molecular weight excluding hydrogens is 432 g/mol. The Hall–Kier alpha value is -2.18. The lowest BCUT2D eigenvalue weighted by atomic mass is 9.70. The van der Waals surface area contributed by atoms with Crippen LogP contribution in [0.1, 0.15) is 57.8 Å². The zero-order chi connectivity index (χ0) is 24.6. The smallest absolute Gasteiger partial charge is 0.334 e. The number of hydrogen-bond donors (Lipinski definition) is 3. The summed E-state index contributed by atoms with van der Waals surface area (Å²) in [5, 5.41) is 34.0. The quantitative estimate of drug-likeness (QED) is 0.322. The van der Waals surface area contributed by atoms with E-state index in [-0.39, 0.29) is 35.2 Å². The summed E-state index contributed by atoms with van der Waals surface area (Å²) in [6.45, 7) is 16.4. The highest BCUT2D eigenvalue weighted by Gasteiger charge is 2.69. The van der Waals surface area contributed by atoms with Gasteiger partial charge >= 0.3 is 11.9 Å². The molecule has 4 aliphatic carbocycles. The molecule has 5 fully saturated rings. The SMILES string of the molecule is C=C1CC[C@@H](C(=C)C(=O)O)CC2C[C@@]3(O)C[C@H]4C(=C)CCC5C(=C)C(=O)O[C@@H]5[C@H]4[C@@]3(O)CCC12. The zero-order valence-electron chi connectivity index (χ0n) is 19.8. The van der Waals surface area contributed by atoms with Gasteiger partial charge in [0.05, 0.1) is 5.60 Å². The van der Waals surface area contributed by atoms with E-state index in [4.69, 9.17) is 4.74 Å². The van der Waals surface area contributed by atoms with Gasteiger partial charge in [0.1, 0.15) is 11.7 Å². The fourth-order valence-corrected chi connectivity index (χ4v) is 8.18. The first-order chi connectivity index (χ1) is 16.0. The van der Waals surface area contributed by atoms with E-state index in [9.17, 15) is 24.9 Å². The molecule has 1 aliphatic heterocycles. The lowest BCUT2D eigenvalue weighted by Crippen LogP contribution is -2.56. The predicted molar refractivity (Wildman–Crippen MR) is 126 cm³/mol. The average molecular weight is 469 g/mol. The number of carbonyl (C=O) groups is 2. The van der Waals surface area contributed by atoms with Crippen molar-refractivity contribution in [2.45, 2.75) is 75.1 Å². The van der Waals surface area contributed by atoms with Gasteiger partial charge in [-0.3, -0.25) is 0 Å². The van der Waals surface area contributed by atoms with E-state index in [1.54, 1.807) is 0 Å². The van der Waals surface area contributed by atoms with Crippen LogP contribution in [0, 0.1) is 35.5 Å². The van der Waals surface area contributed by atoms with E-state index < -0.39 is 35.2 Å². The highest BCUT2D eigenvalue weighted by Crippen LogP contribution is 2.63. The van der Waals surface area contributed by atoms with Crippen LogP contribution in [0.3, 0.4) is 0 Å². The maximum absolute atomic E-state index is 12.4. The Labute approximate surface area is 201 Å². The van der Waals surface area contributed by atoms with Crippen LogP contribution in [-0.4, -0.2) is 44.6 Å². The highest BCUT2D eigenvalue weighted by atomic mass is 16.6. The Balaban J connectivity index is 1.52. The van der Waals surface area contributed by atoms with Gasteiger partial charge in [0.25, 0.3) is 0 Å². The number of carboxylic acid groups (broad SMARTS) is 1. The van der Waals surface area contributed by atoms with Crippen LogP contribution in [0.5, 0.6) is 0 Å². The van der Waals surface area contributed by atoms with Gasteiger partial charge in [0.2, 0.25) is 0 Å². The first-order valence-corrected chi connectivity index (χ1v) is 12.6. The molecule has 0 radical (unpaired) electrons. The topological polar surface area (TPSA) is 104 Å². The number of carbonyl (C=O) groups excluding carboxylic acids is 1. The minimum atomic E-state index is -1.43. The summed E-state index contributed by atoms with van der Waals surface area (Å²) >= 11 is 0. The van der Waals surface area contributed by atoms with Crippen LogP contribution in [-0.2, 0) is 14.3 Å². The second kappa shape index (κ2) is 7.92. The van der Waals surface area contributed by atoms with Crippen molar-refractivity contribution in [2.75, 3.05) is 0 Å². The van der Waals surface area contributed by atoms with Crippen LogP contribution in [0.25, 0.3) is 0 Å². The molecule has 9 atom stereocenters. The summed E-state index contributed by atoms with van der Waals surface area (Å²) in [5.41, 5.74) is -0.0631. The third-order valence-corrected chi connectivity index (χ3v) is 10.1. The third kappa shape index (κ3) is 3.29. The van der Waals surface area contributed by atoms with Gasteiger partial charge in [-0.25, -0.2) is 9.59 Å². The van der Waals surface area contributed by atoms with Gasteiger partial charge in [-0.2, -0.15) is 0 Å². The molecular formula is C28H36O6. The number of ether oxygens (including phenoxy) is 1. The number of carboxylic acids is 1. The minimum absolute atomic E-state index is 0.00243. The summed E-state index contributed by atoms with van der Waals surface area (Å²) in [7, 11) is 0. The monoisotopic (exact) mass is 468 g/mol. The maximum atomic E-state index is 12.4. The molecule has 184 valence electrons. The van der Waals surface area contributed by atoms with Gasteiger partial charge in [-0.15, -0.1) is 0 Å². The Morgan fingerprint density at radius 2 is 1.65 bits per heavy atom. The van der Waals surface area contributed by atoms with E-state index >= 15 is 0 Å². The minimum Gasteiger partial charge on any atom is -0.478 e. The van der Waals surface area contributed by atoms with Crippen LogP contribution >= 0.6 is 0 Å². The summed E-state index contributed by atoms with van der Waals surface area (Å²) in [5.74, 6) is -2.19. The second-order valence-electron chi connectivity index (χ2n) is 11.6.